The molecule has 210 valence electrons. The maximum Gasteiger partial charge on any atom is 0.485 e. The van der Waals surface area contributed by atoms with Crippen molar-refractivity contribution in [2.24, 2.45) is 11.5 Å². The summed E-state index contributed by atoms with van der Waals surface area (Å²) in [7, 11) is 7.55. The van der Waals surface area contributed by atoms with Crippen molar-refractivity contribution in [1.29, 1.82) is 0 Å². The van der Waals surface area contributed by atoms with Gasteiger partial charge in [0.25, 0.3) is 0 Å². The Morgan fingerprint density at radius 2 is 1.09 bits per heavy atom. The Labute approximate surface area is 247 Å². The Morgan fingerprint density at radius 1 is 0.651 bits per heavy atom. The molecule has 43 heavy (non-hydrogen) atoms. The van der Waals surface area contributed by atoms with Crippen LogP contribution in [0.2, 0.25) is 0 Å². The standard InChI is InChI=1S/C33H28N8O2/c1-38-18-7-5-9-22(42-3)27(18)32(34)29-20(38)13-11-16-17-12-14-21-30-25(17)26(24(16)29)31-40(32)36-15-37-41(31)33(30,35)28-19(39(21)2)8-6-10-23(28)43-4/h5-15,26H,34-35H2,1-4H3/q+2. The van der Waals surface area contributed by atoms with Crippen molar-refractivity contribution in [2.45, 2.75) is 17.2 Å². The van der Waals surface area contributed by atoms with E-state index in [1.165, 1.54) is 11.1 Å². The smallest absolute Gasteiger partial charge is 0.485 e. The van der Waals surface area contributed by atoms with Crippen LogP contribution in [0.15, 0.2) is 67.0 Å². The number of benzene rings is 4. The highest BCUT2D eigenvalue weighted by atomic mass is 16.5. The maximum atomic E-state index is 7.79. The minimum atomic E-state index is -1.19. The van der Waals surface area contributed by atoms with Crippen LogP contribution in [0.5, 0.6) is 11.5 Å². The second-order valence-corrected chi connectivity index (χ2v) is 12.0. The third-order valence-electron chi connectivity index (χ3n) is 10.4. The number of hydrogen-bond acceptors (Lipinski definition) is 8. The van der Waals surface area contributed by atoms with Crippen molar-refractivity contribution >= 4 is 22.7 Å². The number of anilines is 4. The molecule has 0 saturated carbocycles. The molecule has 0 fully saturated rings. The molecule has 0 bridgehead atoms. The van der Waals surface area contributed by atoms with E-state index in [2.05, 4.69) is 60.3 Å². The number of aromatic nitrogens is 4. The molecule has 5 heterocycles. The summed E-state index contributed by atoms with van der Waals surface area (Å²) in [5, 5.41) is 9.89. The molecule has 4 aromatic carbocycles. The lowest BCUT2D eigenvalue weighted by molar-refractivity contribution is -0.932. The van der Waals surface area contributed by atoms with Crippen LogP contribution in [0.1, 0.15) is 45.1 Å². The Bertz CT molecular complexity index is 2020. The predicted octanol–water partition coefficient (Wildman–Crippen LogP) is 2.43. The summed E-state index contributed by atoms with van der Waals surface area (Å²) >= 11 is 0. The van der Waals surface area contributed by atoms with Gasteiger partial charge in [0.15, 0.2) is 5.92 Å². The Hall–Kier alpha value is -5.06. The molecule has 2 atom stereocenters. The summed E-state index contributed by atoms with van der Waals surface area (Å²) in [4.78, 5) is 4.42. The first-order chi connectivity index (χ1) is 20.9. The Morgan fingerprint density at radius 3 is 1.53 bits per heavy atom. The first-order valence-corrected chi connectivity index (χ1v) is 14.3. The van der Waals surface area contributed by atoms with E-state index in [0.29, 0.717) is 11.5 Å². The number of hydrogen-bond donors (Lipinski definition) is 2. The largest absolute Gasteiger partial charge is 0.496 e. The number of nitrogens with two attached hydrogens (primary N) is 2. The zero-order valence-corrected chi connectivity index (χ0v) is 24.1. The number of methoxy groups -OCH3 is 2. The molecule has 0 saturated heterocycles. The molecule has 4 aliphatic heterocycles. The number of fused-ring (bicyclic) bond motifs is 7. The van der Waals surface area contributed by atoms with E-state index in [9.17, 15) is 0 Å². The Kier molecular flexibility index (Phi) is 3.88. The average molecular weight is 569 g/mol. The quantitative estimate of drug-likeness (QED) is 0.307. The number of nitrogens with zero attached hydrogens (tertiary/aromatic N) is 6. The van der Waals surface area contributed by atoms with Gasteiger partial charge in [0.05, 0.1) is 48.1 Å². The molecule has 5 aromatic rings. The van der Waals surface area contributed by atoms with Crippen molar-refractivity contribution in [3.8, 4) is 22.6 Å². The summed E-state index contributed by atoms with van der Waals surface area (Å²) in [5.41, 5.74) is 25.6. The van der Waals surface area contributed by atoms with Crippen LogP contribution >= 0.6 is 0 Å². The van der Waals surface area contributed by atoms with Crippen LogP contribution < -0.4 is 40.1 Å². The zero-order valence-electron chi connectivity index (χ0n) is 24.1. The van der Waals surface area contributed by atoms with E-state index >= 15 is 0 Å². The lowest BCUT2D eigenvalue weighted by Crippen LogP contribution is -2.81. The number of rotatable bonds is 2. The van der Waals surface area contributed by atoms with Crippen LogP contribution in [-0.4, -0.2) is 38.5 Å². The molecule has 1 aromatic heterocycles. The Balaban J connectivity index is 1.44. The molecule has 5 aliphatic rings. The van der Waals surface area contributed by atoms with Crippen LogP contribution in [0.25, 0.3) is 11.1 Å². The van der Waals surface area contributed by atoms with Gasteiger partial charge >= 0.3 is 17.2 Å². The van der Waals surface area contributed by atoms with E-state index in [4.69, 9.17) is 31.1 Å². The van der Waals surface area contributed by atoms with E-state index < -0.39 is 11.3 Å². The molecular formula is C33H28N8O2+2. The third-order valence-corrected chi connectivity index (χ3v) is 10.4. The third kappa shape index (κ3) is 2.21. The van der Waals surface area contributed by atoms with E-state index in [0.717, 1.165) is 62.0 Å². The fraction of sp³-hybridized carbons (Fsp3) is 0.212. The van der Waals surface area contributed by atoms with Gasteiger partial charge in [-0.2, -0.15) is 0 Å². The van der Waals surface area contributed by atoms with Crippen molar-refractivity contribution in [3.05, 3.63) is 106 Å². The van der Waals surface area contributed by atoms with E-state index in [1.807, 2.05) is 33.6 Å². The summed E-state index contributed by atoms with van der Waals surface area (Å²) in [6.45, 7) is 0. The van der Waals surface area contributed by atoms with Crippen molar-refractivity contribution in [1.82, 2.24) is 10.2 Å². The highest BCUT2D eigenvalue weighted by molar-refractivity contribution is 5.94. The fourth-order valence-electron chi connectivity index (χ4n) is 8.81. The van der Waals surface area contributed by atoms with Gasteiger partial charge in [-0.25, -0.2) is 0 Å². The maximum absolute atomic E-state index is 7.79. The van der Waals surface area contributed by atoms with Crippen molar-refractivity contribution in [2.75, 3.05) is 38.1 Å². The highest BCUT2D eigenvalue weighted by Gasteiger charge is 2.71. The predicted molar refractivity (Wildman–Crippen MR) is 158 cm³/mol. The van der Waals surface area contributed by atoms with E-state index in [1.54, 1.807) is 20.5 Å². The van der Waals surface area contributed by atoms with Gasteiger partial charge in [0.1, 0.15) is 22.6 Å². The number of ether oxygens (including phenoxy) is 2. The minimum absolute atomic E-state index is 0.168. The lowest BCUT2D eigenvalue weighted by atomic mass is 9.71. The first-order valence-electron chi connectivity index (χ1n) is 14.3. The summed E-state index contributed by atoms with van der Waals surface area (Å²) in [6.07, 6.45) is 1.56. The molecule has 1 aliphatic carbocycles. The molecule has 0 amide bonds. The summed E-state index contributed by atoms with van der Waals surface area (Å²) < 4.78 is 15.9. The van der Waals surface area contributed by atoms with Crippen molar-refractivity contribution < 1.29 is 18.8 Å². The molecule has 4 N–H and O–H groups in total. The van der Waals surface area contributed by atoms with Gasteiger partial charge in [-0.1, -0.05) is 24.3 Å². The lowest BCUT2D eigenvalue weighted by Gasteiger charge is -2.44. The van der Waals surface area contributed by atoms with Crippen LogP contribution in [0, 0.1) is 0 Å². The second-order valence-electron chi connectivity index (χ2n) is 12.0. The minimum Gasteiger partial charge on any atom is -0.496 e. The molecule has 0 spiro atoms. The first kappa shape index (κ1) is 23.5. The van der Waals surface area contributed by atoms with Crippen LogP contribution in [0.4, 0.5) is 22.7 Å². The van der Waals surface area contributed by atoms with Crippen LogP contribution in [-0.2, 0) is 11.3 Å². The highest BCUT2D eigenvalue weighted by Crippen LogP contribution is 2.63. The van der Waals surface area contributed by atoms with Gasteiger partial charge in [-0.3, -0.25) is 11.5 Å². The fourth-order valence-corrected chi connectivity index (χ4v) is 8.81. The van der Waals surface area contributed by atoms with Gasteiger partial charge in [-0.05, 0) is 58.7 Å². The molecule has 0 radical (unpaired) electrons. The molecule has 10 rings (SSSR count). The average Bonchev–Trinajstić information content (AvgIpc) is 3.38. The topological polar surface area (TPSA) is 111 Å². The zero-order chi connectivity index (χ0) is 29.2. The monoisotopic (exact) mass is 568 g/mol. The molecular weight excluding hydrogens is 540 g/mol. The van der Waals surface area contributed by atoms with Gasteiger partial charge < -0.3 is 19.3 Å². The SMILES string of the molecule is COc1cccc2c1C1(N)c3c(ccc4c3C3c5c-4ccc4c5C(N)(c5c(OC)cccc5N4C)[n+]4ncn[n+]1c43)N2C. The summed E-state index contributed by atoms with van der Waals surface area (Å²) in [5.74, 6) is 2.05. The molecule has 2 unspecified atom stereocenters. The van der Waals surface area contributed by atoms with Gasteiger partial charge in [-0.15, -0.1) is 0 Å². The second kappa shape index (κ2) is 7.11. The van der Waals surface area contributed by atoms with Crippen molar-refractivity contribution in [3.63, 3.8) is 0 Å². The molecule has 10 heteroatoms. The van der Waals surface area contributed by atoms with E-state index in [-0.39, 0.29) is 5.92 Å². The van der Waals surface area contributed by atoms with Gasteiger partial charge in [0.2, 0.25) is 6.33 Å². The summed E-state index contributed by atoms with van der Waals surface area (Å²) in [6, 6.07) is 20.9. The molecule has 10 nitrogen and oxygen atoms in total. The van der Waals surface area contributed by atoms with Gasteiger partial charge in [0, 0.05) is 33.7 Å². The van der Waals surface area contributed by atoms with Crippen LogP contribution in [0.3, 0.4) is 0 Å². The normalized spacial score (nSPS) is 23.4.